The van der Waals surface area contributed by atoms with Crippen LogP contribution in [0.4, 0.5) is 5.69 Å². The van der Waals surface area contributed by atoms with Crippen molar-refractivity contribution in [1.82, 2.24) is 0 Å². The lowest BCUT2D eigenvalue weighted by molar-refractivity contribution is 0.282. The molecule has 1 heterocycles. The lowest BCUT2D eigenvalue weighted by atomic mass is 9.95. The van der Waals surface area contributed by atoms with E-state index in [1.54, 1.807) is 18.2 Å². The standard InChI is InChI=1S/C22H21NO3S/c1-16-7-9-19(10-8-16)27(25,26)23-12-11-20-21(18-5-3-2-4-6-18)13-17(15-24)14-22(20)23/h2-10,13-14,24H,11-12,15H2,1H3. The van der Waals surface area contributed by atoms with Crippen molar-refractivity contribution in [2.45, 2.75) is 24.8 Å². The van der Waals surface area contributed by atoms with Crippen LogP contribution in [0.3, 0.4) is 0 Å². The van der Waals surface area contributed by atoms with Crippen molar-refractivity contribution >= 4 is 15.7 Å². The summed E-state index contributed by atoms with van der Waals surface area (Å²) in [5.41, 5.74) is 5.41. The number of anilines is 1. The van der Waals surface area contributed by atoms with Crippen LogP contribution in [0.15, 0.2) is 71.6 Å². The van der Waals surface area contributed by atoms with Gasteiger partial charge in [-0.3, -0.25) is 4.31 Å². The van der Waals surface area contributed by atoms with Gasteiger partial charge in [-0.1, -0.05) is 48.0 Å². The first-order valence-corrected chi connectivity index (χ1v) is 10.4. The zero-order chi connectivity index (χ0) is 19.0. The van der Waals surface area contributed by atoms with E-state index in [1.807, 2.05) is 55.5 Å². The van der Waals surface area contributed by atoms with Gasteiger partial charge in [-0.2, -0.15) is 0 Å². The van der Waals surface area contributed by atoms with Crippen LogP contribution in [0.2, 0.25) is 0 Å². The van der Waals surface area contributed by atoms with Crippen LogP contribution in [0.25, 0.3) is 11.1 Å². The number of aliphatic hydroxyl groups excluding tert-OH is 1. The molecule has 1 aliphatic heterocycles. The molecule has 0 unspecified atom stereocenters. The highest BCUT2D eigenvalue weighted by Crippen LogP contribution is 2.40. The van der Waals surface area contributed by atoms with E-state index in [2.05, 4.69) is 0 Å². The summed E-state index contributed by atoms with van der Waals surface area (Å²) < 4.78 is 27.9. The van der Waals surface area contributed by atoms with Gasteiger partial charge in [0.25, 0.3) is 10.0 Å². The quantitative estimate of drug-likeness (QED) is 0.748. The SMILES string of the molecule is Cc1ccc(S(=O)(=O)N2CCc3c(-c4ccccc4)cc(CO)cc32)cc1. The van der Waals surface area contributed by atoms with Gasteiger partial charge < -0.3 is 5.11 Å². The third kappa shape index (κ3) is 3.13. The molecule has 0 aliphatic carbocycles. The maximum atomic E-state index is 13.2. The summed E-state index contributed by atoms with van der Waals surface area (Å²) in [6.45, 7) is 2.20. The minimum Gasteiger partial charge on any atom is -0.392 e. The minimum absolute atomic E-state index is 0.133. The Bertz CT molecular complexity index is 1070. The van der Waals surface area contributed by atoms with Crippen molar-refractivity contribution in [3.63, 3.8) is 0 Å². The molecule has 0 aromatic heterocycles. The highest BCUT2D eigenvalue weighted by atomic mass is 32.2. The maximum absolute atomic E-state index is 13.2. The van der Waals surface area contributed by atoms with Crippen molar-refractivity contribution in [3.05, 3.63) is 83.4 Å². The van der Waals surface area contributed by atoms with E-state index in [9.17, 15) is 13.5 Å². The van der Waals surface area contributed by atoms with Crippen LogP contribution in [0.5, 0.6) is 0 Å². The summed E-state index contributed by atoms with van der Waals surface area (Å²) in [4.78, 5) is 0.289. The van der Waals surface area contributed by atoms with Crippen LogP contribution in [-0.4, -0.2) is 20.1 Å². The molecule has 1 aliphatic rings. The largest absolute Gasteiger partial charge is 0.392 e. The zero-order valence-corrected chi connectivity index (χ0v) is 15.9. The summed E-state index contributed by atoms with van der Waals surface area (Å²) in [6.07, 6.45) is 0.649. The van der Waals surface area contributed by atoms with E-state index >= 15 is 0 Å². The van der Waals surface area contributed by atoms with Gasteiger partial charge in [-0.25, -0.2) is 8.42 Å². The van der Waals surface area contributed by atoms with Gasteiger partial charge in [-0.05, 0) is 59.9 Å². The summed E-state index contributed by atoms with van der Waals surface area (Å²) >= 11 is 0. The molecule has 0 fully saturated rings. The molecule has 1 N–H and O–H groups in total. The van der Waals surface area contributed by atoms with Crippen molar-refractivity contribution < 1.29 is 13.5 Å². The van der Waals surface area contributed by atoms with E-state index < -0.39 is 10.0 Å². The molecule has 0 amide bonds. The molecule has 0 bridgehead atoms. The number of hydrogen-bond donors (Lipinski definition) is 1. The summed E-state index contributed by atoms with van der Waals surface area (Å²) in [7, 11) is -3.64. The second-order valence-corrected chi connectivity index (χ2v) is 8.67. The molecule has 0 saturated heterocycles. The van der Waals surface area contributed by atoms with Crippen molar-refractivity contribution in [1.29, 1.82) is 0 Å². The second-order valence-electron chi connectivity index (χ2n) is 6.81. The Morgan fingerprint density at radius 1 is 1.00 bits per heavy atom. The molecule has 3 aromatic carbocycles. The van der Waals surface area contributed by atoms with Crippen LogP contribution in [0, 0.1) is 6.92 Å². The number of fused-ring (bicyclic) bond motifs is 1. The summed E-state index contributed by atoms with van der Waals surface area (Å²) in [5, 5.41) is 9.71. The molecule has 5 heteroatoms. The molecule has 0 saturated carbocycles. The van der Waals surface area contributed by atoms with Crippen molar-refractivity contribution in [2.24, 2.45) is 0 Å². The van der Waals surface area contributed by atoms with Crippen LogP contribution < -0.4 is 4.31 Å². The maximum Gasteiger partial charge on any atom is 0.264 e. The fraction of sp³-hybridized carbons (Fsp3) is 0.182. The first-order valence-electron chi connectivity index (χ1n) is 8.92. The molecule has 0 radical (unpaired) electrons. The zero-order valence-electron chi connectivity index (χ0n) is 15.1. The fourth-order valence-electron chi connectivity index (χ4n) is 3.59. The Balaban J connectivity index is 1.85. The Morgan fingerprint density at radius 3 is 2.37 bits per heavy atom. The lowest BCUT2D eigenvalue weighted by Crippen LogP contribution is -2.29. The van der Waals surface area contributed by atoms with Crippen molar-refractivity contribution in [2.75, 3.05) is 10.8 Å². The number of aliphatic hydroxyl groups is 1. The fourth-order valence-corrected chi connectivity index (χ4v) is 5.08. The Kier molecular flexibility index (Phi) is 4.50. The topological polar surface area (TPSA) is 57.6 Å². The summed E-state index contributed by atoms with van der Waals surface area (Å²) in [5.74, 6) is 0. The van der Waals surface area contributed by atoms with Gasteiger partial charge in [0.2, 0.25) is 0 Å². The van der Waals surface area contributed by atoms with E-state index in [1.165, 1.54) is 4.31 Å². The molecular weight excluding hydrogens is 358 g/mol. The molecule has 4 nitrogen and oxygen atoms in total. The molecule has 3 aromatic rings. The van der Waals surface area contributed by atoms with Gasteiger partial charge in [-0.15, -0.1) is 0 Å². The second kappa shape index (κ2) is 6.83. The van der Waals surface area contributed by atoms with Crippen LogP contribution in [0.1, 0.15) is 16.7 Å². The number of benzene rings is 3. The molecule has 4 rings (SSSR count). The summed E-state index contributed by atoms with van der Waals surface area (Å²) in [6, 6.07) is 20.6. The molecule has 138 valence electrons. The van der Waals surface area contributed by atoms with Gasteiger partial charge in [0.1, 0.15) is 0 Å². The monoisotopic (exact) mass is 379 g/mol. The smallest absolute Gasteiger partial charge is 0.264 e. The van der Waals surface area contributed by atoms with Crippen LogP contribution >= 0.6 is 0 Å². The number of sulfonamides is 1. The lowest BCUT2D eigenvalue weighted by Gasteiger charge is -2.21. The van der Waals surface area contributed by atoms with E-state index in [4.69, 9.17) is 0 Å². The number of hydrogen-bond acceptors (Lipinski definition) is 3. The Morgan fingerprint density at radius 2 is 1.70 bits per heavy atom. The molecule has 27 heavy (non-hydrogen) atoms. The number of nitrogens with zero attached hydrogens (tertiary/aromatic N) is 1. The predicted molar refractivity (Wildman–Crippen MR) is 107 cm³/mol. The molecule has 0 spiro atoms. The number of aryl methyl sites for hydroxylation is 1. The average Bonchev–Trinajstić information content (AvgIpc) is 3.13. The first-order chi connectivity index (χ1) is 13.0. The predicted octanol–water partition coefficient (Wildman–Crippen LogP) is 3.91. The highest BCUT2D eigenvalue weighted by Gasteiger charge is 2.32. The molecule has 0 atom stereocenters. The minimum atomic E-state index is -3.64. The van der Waals surface area contributed by atoms with E-state index in [0.717, 1.165) is 22.3 Å². The third-order valence-corrected chi connectivity index (χ3v) is 6.82. The van der Waals surface area contributed by atoms with E-state index in [-0.39, 0.29) is 11.5 Å². The number of rotatable bonds is 4. The van der Waals surface area contributed by atoms with E-state index in [0.29, 0.717) is 24.2 Å². The van der Waals surface area contributed by atoms with Gasteiger partial charge >= 0.3 is 0 Å². The average molecular weight is 379 g/mol. The normalized spacial score (nSPS) is 13.6. The van der Waals surface area contributed by atoms with Crippen LogP contribution in [-0.2, 0) is 23.1 Å². The molecular formula is C22H21NO3S. The first kappa shape index (κ1) is 17.8. The van der Waals surface area contributed by atoms with Gasteiger partial charge in [0.15, 0.2) is 0 Å². The Labute approximate surface area is 159 Å². The third-order valence-electron chi connectivity index (χ3n) is 5.00. The van der Waals surface area contributed by atoms with Gasteiger partial charge in [0, 0.05) is 6.54 Å². The highest BCUT2D eigenvalue weighted by molar-refractivity contribution is 7.92. The van der Waals surface area contributed by atoms with Crippen molar-refractivity contribution in [3.8, 4) is 11.1 Å². The Hall–Kier alpha value is -2.63. The van der Waals surface area contributed by atoms with Gasteiger partial charge in [0.05, 0.1) is 17.2 Å².